The van der Waals surface area contributed by atoms with Gasteiger partial charge in [-0.1, -0.05) is 11.1 Å². The smallest absolute Gasteiger partial charge is 0.156 e. The lowest BCUT2D eigenvalue weighted by Crippen LogP contribution is -2.59. The van der Waals surface area contributed by atoms with Crippen LogP contribution in [0.4, 0.5) is 0 Å². The Morgan fingerprint density at radius 3 is 2.33 bits per heavy atom. The highest BCUT2D eigenvalue weighted by Crippen LogP contribution is 2.27. The predicted octanol–water partition coefficient (Wildman–Crippen LogP) is -1.32. The lowest BCUT2D eigenvalue weighted by atomic mass is 10.1. The highest BCUT2D eigenvalue weighted by Gasteiger charge is 2.48. The summed E-state index contributed by atoms with van der Waals surface area (Å²) in [6.45, 7) is 0. The van der Waals surface area contributed by atoms with Gasteiger partial charge in [-0.05, 0) is 0 Å². The second-order valence-corrected chi connectivity index (χ2v) is 5.83. The van der Waals surface area contributed by atoms with Crippen LogP contribution in [0.2, 0.25) is 0 Å². The lowest BCUT2D eigenvalue weighted by Gasteiger charge is -2.39. The van der Waals surface area contributed by atoms with E-state index in [0.29, 0.717) is 0 Å². The lowest BCUT2D eigenvalue weighted by molar-refractivity contribution is 0.0352. The maximum Gasteiger partial charge on any atom is 0.156 e. The summed E-state index contributed by atoms with van der Waals surface area (Å²) in [4.78, 5) is 0. The van der Waals surface area contributed by atoms with Gasteiger partial charge in [0.2, 0.25) is 0 Å². The zero-order valence-electron chi connectivity index (χ0n) is 6.48. The average Bonchev–Trinajstić information content (AvgIpc) is 1.81. The van der Waals surface area contributed by atoms with Gasteiger partial charge in [-0.3, -0.25) is 4.21 Å². The summed E-state index contributed by atoms with van der Waals surface area (Å²) < 4.78 is 47.0. The summed E-state index contributed by atoms with van der Waals surface area (Å²) >= 11 is -2.26. The van der Waals surface area contributed by atoms with Crippen molar-refractivity contribution in [1.29, 1.82) is 0 Å². The molecule has 12 heavy (non-hydrogen) atoms. The van der Waals surface area contributed by atoms with Crippen molar-refractivity contribution in [2.45, 2.75) is 5.60 Å². The van der Waals surface area contributed by atoms with E-state index < -0.39 is 26.5 Å². The molecule has 0 radical (unpaired) electrons. The molecule has 1 fully saturated rings. The van der Waals surface area contributed by atoms with Gasteiger partial charge in [0, 0.05) is 12.9 Å². The van der Waals surface area contributed by atoms with Crippen LogP contribution in [0.5, 0.6) is 0 Å². The van der Waals surface area contributed by atoms with Gasteiger partial charge >= 0.3 is 0 Å². The molecule has 0 aromatic carbocycles. The molecule has 7 heteroatoms. The Labute approximate surface area is 73.3 Å². The van der Waals surface area contributed by atoms with Crippen LogP contribution in [0.25, 0.3) is 0 Å². The Morgan fingerprint density at radius 2 is 2.08 bits per heavy atom. The van der Waals surface area contributed by atoms with Gasteiger partial charge in [0.05, 0.1) is 11.5 Å². The first-order valence-electron chi connectivity index (χ1n) is 3.21. The van der Waals surface area contributed by atoms with Gasteiger partial charge in [-0.15, -0.1) is 0 Å². The summed E-state index contributed by atoms with van der Waals surface area (Å²) in [5.41, 5.74) is -0.981. The molecule has 0 bridgehead atoms. The third kappa shape index (κ3) is 2.03. The van der Waals surface area contributed by atoms with Crippen molar-refractivity contribution in [1.82, 2.24) is 0 Å². The van der Waals surface area contributed by atoms with Crippen LogP contribution in [0.15, 0.2) is 0 Å². The first-order valence-corrected chi connectivity index (χ1v) is 6.27. The third-order valence-corrected chi connectivity index (χ3v) is 4.47. The zero-order chi connectivity index (χ0) is 9.41. The van der Waals surface area contributed by atoms with Gasteiger partial charge < -0.3 is 9.29 Å². The molecule has 1 aliphatic heterocycles. The number of hydrogen-bond acceptors (Lipinski definition) is 5. The zero-order valence-corrected chi connectivity index (χ0v) is 8.11. The van der Waals surface area contributed by atoms with Crippen molar-refractivity contribution in [2.75, 3.05) is 24.4 Å². The van der Waals surface area contributed by atoms with Crippen LogP contribution in [0.1, 0.15) is 0 Å². The fourth-order valence-corrected chi connectivity index (χ4v) is 4.20. The molecule has 0 saturated carbocycles. The number of ether oxygens (including phenoxy) is 1. The minimum absolute atomic E-state index is 0.190. The van der Waals surface area contributed by atoms with Gasteiger partial charge in [-0.25, -0.2) is 8.42 Å². The highest BCUT2D eigenvalue weighted by atomic mass is 32.2. The average molecular weight is 213 g/mol. The first-order chi connectivity index (χ1) is 5.39. The SMILES string of the molecule is COC1(CS(=O)[O-])CS(=O)(=O)C1. The molecular weight excluding hydrogens is 204 g/mol. The van der Waals surface area contributed by atoms with Gasteiger partial charge in [0.15, 0.2) is 9.84 Å². The van der Waals surface area contributed by atoms with E-state index in [-0.39, 0.29) is 17.3 Å². The second-order valence-electron chi connectivity index (χ2n) is 2.87. The van der Waals surface area contributed by atoms with Crippen LogP contribution in [-0.4, -0.2) is 47.1 Å². The van der Waals surface area contributed by atoms with Crippen LogP contribution in [0.3, 0.4) is 0 Å². The Kier molecular flexibility index (Phi) is 2.57. The molecule has 72 valence electrons. The summed E-state index contributed by atoms with van der Waals surface area (Å²) in [6.07, 6.45) is 0. The standard InChI is InChI=1S/C5H10O5S2/c1-10-5(2-11(6)7)3-12(8,9)4-5/h2-4H2,1H3,(H,6,7)/p-1. The van der Waals surface area contributed by atoms with Gasteiger partial charge in [0.25, 0.3) is 0 Å². The van der Waals surface area contributed by atoms with E-state index in [1.165, 1.54) is 7.11 Å². The highest BCUT2D eigenvalue weighted by molar-refractivity contribution is 7.93. The summed E-state index contributed by atoms with van der Waals surface area (Å²) in [7, 11) is -1.72. The van der Waals surface area contributed by atoms with E-state index in [0.717, 1.165) is 0 Å². The van der Waals surface area contributed by atoms with Crippen molar-refractivity contribution < 1.29 is 21.9 Å². The van der Waals surface area contributed by atoms with E-state index in [1.54, 1.807) is 0 Å². The van der Waals surface area contributed by atoms with E-state index >= 15 is 0 Å². The summed E-state index contributed by atoms with van der Waals surface area (Å²) in [5.74, 6) is -0.627. The van der Waals surface area contributed by atoms with Crippen molar-refractivity contribution >= 4 is 20.9 Å². The maximum atomic E-state index is 10.8. The third-order valence-electron chi connectivity index (χ3n) is 1.78. The monoisotopic (exact) mass is 213 g/mol. The van der Waals surface area contributed by atoms with E-state index in [4.69, 9.17) is 4.74 Å². The maximum absolute atomic E-state index is 10.8. The molecule has 1 unspecified atom stereocenters. The van der Waals surface area contributed by atoms with Crippen LogP contribution in [-0.2, 0) is 25.7 Å². The minimum atomic E-state index is -3.05. The molecule has 5 nitrogen and oxygen atoms in total. The van der Waals surface area contributed by atoms with Gasteiger partial charge in [-0.2, -0.15) is 0 Å². The Balaban J connectivity index is 2.65. The minimum Gasteiger partial charge on any atom is -0.772 e. The normalized spacial score (nSPS) is 27.5. The van der Waals surface area contributed by atoms with E-state index in [2.05, 4.69) is 0 Å². The topological polar surface area (TPSA) is 83.5 Å². The predicted molar refractivity (Wildman–Crippen MR) is 42.2 cm³/mol. The molecule has 0 amide bonds. The largest absolute Gasteiger partial charge is 0.772 e. The molecule has 0 aromatic heterocycles. The van der Waals surface area contributed by atoms with E-state index in [9.17, 15) is 17.2 Å². The molecular formula is C5H9O5S2-. The Hall–Kier alpha value is 0.0200. The van der Waals surface area contributed by atoms with Crippen molar-refractivity contribution in [2.24, 2.45) is 0 Å². The first kappa shape index (κ1) is 10.1. The van der Waals surface area contributed by atoms with Crippen molar-refractivity contribution in [3.8, 4) is 0 Å². The number of methoxy groups -OCH3 is 1. The van der Waals surface area contributed by atoms with Crippen LogP contribution >= 0.6 is 0 Å². The summed E-state index contributed by atoms with van der Waals surface area (Å²) in [6, 6.07) is 0. The van der Waals surface area contributed by atoms with E-state index in [1.807, 2.05) is 0 Å². The van der Waals surface area contributed by atoms with Crippen molar-refractivity contribution in [3.63, 3.8) is 0 Å². The fraction of sp³-hybridized carbons (Fsp3) is 1.00. The quantitative estimate of drug-likeness (QED) is 0.543. The molecule has 1 saturated heterocycles. The molecule has 0 aliphatic carbocycles. The second kappa shape index (κ2) is 3.06. The number of sulfone groups is 1. The fourth-order valence-electron chi connectivity index (χ4n) is 1.23. The van der Waals surface area contributed by atoms with Crippen LogP contribution < -0.4 is 0 Å². The molecule has 0 N–H and O–H groups in total. The summed E-state index contributed by atoms with van der Waals surface area (Å²) in [5, 5.41) is 0. The number of hydrogen-bond donors (Lipinski definition) is 0. The number of rotatable bonds is 3. The molecule has 1 heterocycles. The molecule has 1 rings (SSSR count). The van der Waals surface area contributed by atoms with Gasteiger partial charge in [0.1, 0.15) is 5.60 Å². The Bertz CT molecular complexity index is 281. The molecule has 0 spiro atoms. The Morgan fingerprint density at radius 1 is 1.58 bits per heavy atom. The molecule has 1 aliphatic rings. The molecule has 0 aromatic rings. The van der Waals surface area contributed by atoms with Crippen molar-refractivity contribution in [3.05, 3.63) is 0 Å². The molecule has 1 atom stereocenters. The van der Waals surface area contributed by atoms with Crippen LogP contribution in [0, 0.1) is 0 Å².